The Morgan fingerprint density at radius 3 is 2.24 bits per heavy atom. The number of hydrogen-bond acceptors (Lipinski definition) is 6. The quantitative estimate of drug-likeness (QED) is 0.388. The Balaban J connectivity index is 0.000000388. The maximum Gasteiger partial charge on any atom is 0.303 e. The summed E-state index contributed by atoms with van der Waals surface area (Å²) in [5, 5.41) is 17.1. The number of carboxylic acid groups (broad SMARTS) is 1. The summed E-state index contributed by atoms with van der Waals surface area (Å²) >= 11 is 1.23. The fraction of sp³-hybridized carbons (Fsp3) is 0.360. The van der Waals surface area contributed by atoms with Gasteiger partial charge in [0, 0.05) is 29.0 Å². The molecule has 1 aromatic heterocycles. The molecular weight excluding hydrogens is 470 g/mol. The number of benzene rings is 2. The first-order chi connectivity index (χ1) is 16.4. The second-order valence-electron chi connectivity index (χ2n) is 8.68. The van der Waals surface area contributed by atoms with Crippen LogP contribution in [0.5, 0.6) is 0 Å². The van der Waals surface area contributed by atoms with Crippen LogP contribution < -0.4 is 4.90 Å². The van der Waals surface area contributed by atoms with Crippen molar-refractivity contribution in [1.29, 1.82) is 0 Å². The lowest BCUT2D eigenvalue weighted by Gasteiger charge is -2.28. The molecule has 9 heteroatoms. The third-order valence-electron chi connectivity index (χ3n) is 6.19. The van der Waals surface area contributed by atoms with Crippen LogP contribution in [0.1, 0.15) is 53.9 Å². The molecule has 0 radical (unpaired) electrons. The number of nitrogens with zero attached hydrogens (tertiary/aromatic N) is 3. The highest BCUT2D eigenvalue weighted by atomic mass is 32.2. The van der Waals surface area contributed by atoms with Crippen molar-refractivity contribution < 1.29 is 18.9 Å². The van der Waals surface area contributed by atoms with Gasteiger partial charge in [0.1, 0.15) is 11.4 Å². The number of fused-ring (bicyclic) bond motifs is 1. The van der Waals surface area contributed by atoms with Crippen LogP contribution in [-0.4, -0.2) is 43.5 Å². The zero-order valence-corrected chi connectivity index (χ0v) is 20.6. The number of hydrogen-bond donors (Lipinski definition) is 1. The number of amides is 1. The van der Waals surface area contributed by atoms with E-state index in [0.717, 1.165) is 25.7 Å². The Morgan fingerprint density at radius 1 is 1.09 bits per heavy atom. The summed E-state index contributed by atoms with van der Waals surface area (Å²) < 4.78 is 11.7. The number of aliphatic carboxylic acids is 1. The van der Waals surface area contributed by atoms with Crippen LogP contribution in [0.15, 0.2) is 54.0 Å². The molecule has 1 heterocycles. The average molecular weight is 498 g/mol. The van der Waals surface area contributed by atoms with E-state index in [1.165, 1.54) is 38.4 Å². The molecule has 1 saturated carbocycles. The highest BCUT2D eigenvalue weighted by Gasteiger charge is 2.25. The molecule has 1 amide bonds. The van der Waals surface area contributed by atoms with Gasteiger partial charge >= 0.3 is 5.97 Å². The summed E-state index contributed by atoms with van der Waals surface area (Å²) in [5.41, 5.74) is 6.08. The molecule has 0 saturated heterocycles. The van der Waals surface area contributed by atoms with Crippen molar-refractivity contribution in [3.63, 3.8) is 0 Å². The summed E-state index contributed by atoms with van der Waals surface area (Å²) in [6, 6.07) is 16.0. The monoisotopic (exact) mass is 497 g/mol. The smallest absolute Gasteiger partial charge is 0.303 e. The van der Waals surface area contributed by atoms with Crippen LogP contribution in [0.25, 0.3) is 11.1 Å². The zero-order valence-electron chi connectivity index (χ0n) is 18.9. The third kappa shape index (κ3) is 6.36. The van der Waals surface area contributed by atoms with Gasteiger partial charge in [0.2, 0.25) is 5.13 Å². The van der Waals surface area contributed by atoms with Crippen LogP contribution >= 0.6 is 11.3 Å². The molecule has 0 spiro atoms. The van der Waals surface area contributed by atoms with E-state index in [1.807, 2.05) is 12.1 Å². The first kappa shape index (κ1) is 24.2. The van der Waals surface area contributed by atoms with E-state index in [9.17, 15) is 13.8 Å². The second kappa shape index (κ2) is 11.0. The van der Waals surface area contributed by atoms with Crippen molar-refractivity contribution in [3.8, 4) is 11.1 Å². The molecule has 1 aromatic carbocycles. The standard InChI is InChI=1S/C19H23N3O4S2.C6H4/c1-28(26)12-22(19-21-20-11-27-19)18(25)16-8-6-15(7-9-16)14-4-2-13(3-5-14)10-17(23)24;1-2-5-4-6(5)3-1/h6-9,11,13-14H,2-5,10,12H2,1H3,(H,23,24);1-4H. The van der Waals surface area contributed by atoms with Crippen LogP contribution in [0.2, 0.25) is 0 Å². The highest BCUT2D eigenvalue weighted by molar-refractivity contribution is 7.84. The Kier molecular flexibility index (Phi) is 7.84. The summed E-state index contributed by atoms with van der Waals surface area (Å²) in [5.74, 6) is -0.229. The minimum Gasteiger partial charge on any atom is -0.481 e. The van der Waals surface area contributed by atoms with Crippen molar-refractivity contribution in [1.82, 2.24) is 10.2 Å². The van der Waals surface area contributed by atoms with Gasteiger partial charge in [0.05, 0.1) is 0 Å². The predicted octanol–water partition coefficient (Wildman–Crippen LogP) is 4.94. The van der Waals surface area contributed by atoms with Crippen molar-refractivity contribution in [2.24, 2.45) is 5.92 Å². The summed E-state index contributed by atoms with van der Waals surface area (Å²) in [6.07, 6.45) is 5.58. The van der Waals surface area contributed by atoms with E-state index >= 15 is 0 Å². The second-order valence-corrected chi connectivity index (χ2v) is 10.9. The maximum atomic E-state index is 12.9. The topological polar surface area (TPSA) is 100 Å². The van der Waals surface area contributed by atoms with Crippen molar-refractivity contribution in [2.45, 2.75) is 38.0 Å². The van der Waals surface area contributed by atoms with Gasteiger partial charge in [-0.15, -0.1) is 10.2 Å². The fourth-order valence-electron chi connectivity index (χ4n) is 4.34. The predicted molar refractivity (Wildman–Crippen MR) is 134 cm³/mol. The normalized spacial score (nSPS) is 18.9. The highest BCUT2D eigenvalue weighted by Crippen LogP contribution is 2.37. The largest absolute Gasteiger partial charge is 0.481 e. The van der Waals surface area contributed by atoms with Gasteiger partial charge in [-0.25, -0.2) is 0 Å². The van der Waals surface area contributed by atoms with Gasteiger partial charge in [-0.3, -0.25) is 18.7 Å². The summed E-state index contributed by atoms with van der Waals surface area (Å²) in [4.78, 5) is 25.2. The molecule has 0 aliphatic heterocycles. The molecule has 1 N–H and O–H groups in total. The fourth-order valence-corrected chi connectivity index (χ4v) is 5.59. The van der Waals surface area contributed by atoms with Gasteiger partial charge in [0.15, 0.2) is 0 Å². The number of carbonyl (C=O) groups excluding carboxylic acids is 1. The van der Waals surface area contributed by atoms with Gasteiger partial charge in [-0.05, 0) is 72.4 Å². The van der Waals surface area contributed by atoms with Crippen molar-refractivity contribution >= 4 is 39.1 Å². The van der Waals surface area contributed by atoms with Gasteiger partial charge < -0.3 is 5.11 Å². The Bertz CT molecular complexity index is 1140. The zero-order chi connectivity index (χ0) is 24.1. The maximum absolute atomic E-state index is 12.9. The SMILES string of the molecule is CS(=O)CN(C(=O)c1ccc(C2CCC(CC(=O)O)CC2)cc1)c1nncs1.c1cc2cc-2c1. The Morgan fingerprint density at radius 2 is 1.76 bits per heavy atom. The number of aromatic nitrogens is 2. The van der Waals surface area contributed by atoms with Crippen molar-refractivity contribution in [2.75, 3.05) is 17.0 Å². The lowest BCUT2D eigenvalue weighted by molar-refractivity contribution is -0.138. The van der Waals surface area contributed by atoms with E-state index in [2.05, 4.69) is 34.5 Å². The lowest BCUT2D eigenvalue weighted by atomic mass is 9.77. The van der Waals surface area contributed by atoms with Gasteiger partial charge in [-0.1, -0.05) is 41.7 Å². The average Bonchev–Trinajstić information content (AvgIpc) is 3.18. The van der Waals surface area contributed by atoms with Crippen LogP contribution in [0.3, 0.4) is 0 Å². The Hall–Kier alpha value is -2.91. The summed E-state index contributed by atoms with van der Waals surface area (Å²) in [6.45, 7) is 0. The van der Waals surface area contributed by atoms with Crippen molar-refractivity contribution in [3.05, 3.63) is 65.2 Å². The van der Waals surface area contributed by atoms with Gasteiger partial charge in [0.25, 0.3) is 5.91 Å². The molecule has 2 aromatic rings. The van der Waals surface area contributed by atoms with Crippen LogP contribution in [0, 0.1) is 5.92 Å². The molecule has 34 heavy (non-hydrogen) atoms. The summed E-state index contributed by atoms with van der Waals surface area (Å²) in [7, 11) is -1.19. The number of carboxylic acids is 1. The van der Waals surface area contributed by atoms with E-state index in [1.54, 1.807) is 18.4 Å². The van der Waals surface area contributed by atoms with Crippen LogP contribution in [0.4, 0.5) is 5.13 Å². The molecule has 0 bridgehead atoms. The van der Waals surface area contributed by atoms with E-state index in [0.29, 0.717) is 16.6 Å². The Labute approximate surface area is 205 Å². The number of anilines is 1. The van der Waals surface area contributed by atoms with Crippen LogP contribution in [-0.2, 0) is 15.6 Å². The molecule has 5 rings (SSSR count). The molecule has 3 aliphatic carbocycles. The third-order valence-corrected chi connectivity index (χ3v) is 7.52. The first-order valence-electron chi connectivity index (χ1n) is 11.2. The molecule has 3 aliphatic rings. The minimum atomic E-state index is -1.19. The van der Waals surface area contributed by atoms with Gasteiger partial charge in [-0.2, -0.15) is 0 Å². The molecular formula is C25H27N3O4S2. The van der Waals surface area contributed by atoms with E-state index < -0.39 is 16.8 Å². The lowest BCUT2D eigenvalue weighted by Crippen LogP contribution is -2.33. The number of rotatable bonds is 7. The molecule has 1 atom stereocenters. The molecule has 1 fully saturated rings. The van der Waals surface area contributed by atoms with E-state index in [4.69, 9.17) is 5.11 Å². The minimum absolute atomic E-state index is 0.0728. The first-order valence-corrected chi connectivity index (χ1v) is 13.8. The van der Waals surface area contributed by atoms with E-state index in [-0.39, 0.29) is 24.1 Å². The molecule has 178 valence electrons. The molecule has 1 unspecified atom stereocenters. The molecule has 7 nitrogen and oxygen atoms in total. The number of carbonyl (C=O) groups is 2.